The Hall–Kier alpha value is -8.33. The van der Waals surface area contributed by atoms with Crippen LogP contribution in [0, 0.1) is 11.3 Å². The maximum atomic E-state index is 15.1. The third-order valence-electron chi connectivity index (χ3n) is 15.9. The molecule has 4 aromatic rings. The zero-order chi connectivity index (χ0) is 64.6. The second-order valence-electron chi connectivity index (χ2n) is 24.5. The van der Waals surface area contributed by atoms with Gasteiger partial charge in [0.15, 0.2) is 18.1 Å². The number of hydrogen-bond donors (Lipinski definition) is 2. The Morgan fingerprint density at radius 3 is 2.14 bits per heavy atom. The van der Waals surface area contributed by atoms with Gasteiger partial charge in [-0.15, -0.1) is 0 Å². The number of amides is 6. The van der Waals surface area contributed by atoms with Crippen LogP contribution in [0.1, 0.15) is 110 Å². The molecule has 2 aliphatic heterocycles. The van der Waals surface area contributed by atoms with Crippen molar-refractivity contribution in [3.8, 4) is 17.2 Å². The van der Waals surface area contributed by atoms with E-state index < -0.39 is 120 Å². The summed E-state index contributed by atoms with van der Waals surface area (Å²) in [6, 6.07) is 19.5. The average Bonchev–Trinajstić information content (AvgIpc) is 1.42. The summed E-state index contributed by atoms with van der Waals surface area (Å²) in [4.78, 5) is 133. The lowest BCUT2D eigenvalue weighted by molar-refractivity contribution is -0.165. The van der Waals surface area contributed by atoms with Gasteiger partial charge in [0.2, 0.25) is 29.4 Å². The van der Waals surface area contributed by atoms with E-state index in [4.69, 9.17) is 28.4 Å². The van der Waals surface area contributed by atoms with Crippen LogP contribution < -0.4 is 24.8 Å². The molecule has 6 rings (SSSR count). The Morgan fingerprint density at radius 1 is 0.739 bits per heavy atom. The molecular weight excluding hydrogens is 1130 g/mol. The maximum Gasteiger partial charge on any atom is 0.330 e. The summed E-state index contributed by atoms with van der Waals surface area (Å²) in [6.07, 6.45) is 3.82. The number of hydrogen-bond acceptors (Lipinski definition) is 15. The predicted octanol–water partition coefficient (Wildman–Crippen LogP) is 6.75. The zero-order valence-electron chi connectivity index (χ0n) is 53.2. The minimum atomic E-state index is -1.50. The van der Waals surface area contributed by atoms with Crippen molar-refractivity contribution in [3.05, 3.63) is 114 Å². The van der Waals surface area contributed by atoms with Gasteiger partial charge in [-0.25, -0.2) is 9.59 Å². The Morgan fingerprint density at radius 2 is 1.44 bits per heavy atom. The lowest BCUT2D eigenvalue weighted by atomic mass is 9.87. The molecular formula is C67H88N6O15. The second kappa shape index (κ2) is 31.0. The van der Waals surface area contributed by atoms with E-state index in [9.17, 15) is 38.4 Å². The van der Waals surface area contributed by atoms with Crippen molar-refractivity contribution in [2.75, 3.05) is 68.3 Å². The number of nitrogens with one attached hydrogen (secondary N) is 2. The van der Waals surface area contributed by atoms with Gasteiger partial charge in [0.25, 0.3) is 11.8 Å². The van der Waals surface area contributed by atoms with Gasteiger partial charge in [-0.1, -0.05) is 80.6 Å². The normalized spacial score (nSPS) is 22.9. The van der Waals surface area contributed by atoms with Crippen LogP contribution >= 0.6 is 0 Å². The van der Waals surface area contributed by atoms with Crippen LogP contribution in [-0.2, 0) is 70.2 Å². The number of nitrogens with zero attached hydrogens (tertiary/aromatic N) is 4. The quantitative estimate of drug-likeness (QED) is 0.123. The van der Waals surface area contributed by atoms with Gasteiger partial charge in [0.05, 0.1) is 31.8 Å². The fourth-order valence-electron chi connectivity index (χ4n) is 10.2. The van der Waals surface area contributed by atoms with Crippen LogP contribution in [0.4, 0.5) is 0 Å². The average molecular weight is 1220 g/mol. The number of carbonyl (C=O) groups excluding carboxylic acids is 9. The molecule has 0 saturated carbocycles. The molecule has 6 atom stereocenters. The molecule has 0 spiro atoms. The first-order chi connectivity index (χ1) is 41.6. The molecule has 88 heavy (non-hydrogen) atoms. The van der Waals surface area contributed by atoms with Gasteiger partial charge in [-0.05, 0) is 138 Å². The van der Waals surface area contributed by atoms with E-state index in [0.29, 0.717) is 41.9 Å². The van der Waals surface area contributed by atoms with Gasteiger partial charge in [-0.2, -0.15) is 0 Å². The summed E-state index contributed by atoms with van der Waals surface area (Å²) in [5.41, 5.74) is -0.246. The van der Waals surface area contributed by atoms with E-state index in [1.165, 1.54) is 74.8 Å². The van der Waals surface area contributed by atoms with E-state index in [2.05, 4.69) is 10.6 Å². The van der Waals surface area contributed by atoms with Gasteiger partial charge in [0.1, 0.15) is 48.7 Å². The van der Waals surface area contributed by atoms with Crippen molar-refractivity contribution in [2.24, 2.45) is 11.3 Å². The van der Waals surface area contributed by atoms with Crippen LogP contribution in [0.15, 0.2) is 97.1 Å². The highest BCUT2D eigenvalue weighted by molar-refractivity contribution is 6.38. The maximum absolute atomic E-state index is 15.1. The fraction of sp³-hybridized carbons (Fsp3) is 0.507. The molecule has 4 aromatic carbocycles. The molecule has 0 aromatic heterocycles. The molecule has 1 fully saturated rings. The number of likely N-dealkylation sites (N-methyl/N-ethyl adjacent to an activating group) is 3. The molecule has 0 unspecified atom stereocenters. The van der Waals surface area contributed by atoms with Crippen LogP contribution in [0.3, 0.4) is 0 Å². The summed E-state index contributed by atoms with van der Waals surface area (Å²) < 4.78 is 35.1. The first-order valence-electron chi connectivity index (χ1n) is 30.0. The Kier molecular flexibility index (Phi) is 24.3. The smallest absolute Gasteiger partial charge is 0.330 e. The van der Waals surface area contributed by atoms with Crippen molar-refractivity contribution in [2.45, 2.75) is 142 Å². The highest BCUT2D eigenvalue weighted by Crippen LogP contribution is 2.33. The van der Waals surface area contributed by atoms with Gasteiger partial charge >= 0.3 is 11.9 Å². The minimum Gasteiger partial charge on any atom is -0.493 e. The van der Waals surface area contributed by atoms with Crippen LogP contribution in [-0.4, -0.2) is 177 Å². The number of ketones is 1. The monoisotopic (exact) mass is 1220 g/mol. The molecule has 21 heteroatoms. The number of carbonyl (C=O) groups is 9. The van der Waals surface area contributed by atoms with E-state index in [0.717, 1.165) is 22.4 Å². The number of aryl methyl sites for hydroxylation is 1. The molecule has 2 heterocycles. The third-order valence-corrected chi connectivity index (χ3v) is 15.9. The summed E-state index contributed by atoms with van der Waals surface area (Å²) in [5.74, 6) is -5.58. The standard InChI is InChI=1S/C67H88N6O15/c1-42(2)58-63(80)70(9)33-18-17-26-57(75)86-41-67(7,8)59(76)64(81)73-34-19-16-25-51(73)65(82)88-53(31-28-44-29-32-54(83-12)55(37-44)84-13)48-23-20-24-49(38-48)85-40-56(74)71(10)43(3)60(77)68-50(36-45-27-30-46-21-14-15-22-47(46)35-45)62(79)72(11)52(61(78)69-58)39-87-66(4,5)6/h14-15,17,20-24,26-27,29-30,32,35,37-38,42-43,50-53,58H,16,18-19,25,28,31,33-34,36,39-41H2,1-13H3,(H,68,77)(H,69,78)/b26-17-/t43-,50-,51-,52-,53+,58-/m0/s1. The zero-order valence-corrected chi connectivity index (χ0v) is 53.2. The number of methoxy groups -OCH3 is 2. The molecule has 0 aliphatic carbocycles. The van der Waals surface area contributed by atoms with E-state index >= 15 is 4.79 Å². The van der Waals surface area contributed by atoms with E-state index in [1.807, 2.05) is 54.6 Å². The van der Waals surface area contributed by atoms with Crippen molar-refractivity contribution >= 4 is 63.9 Å². The lowest BCUT2D eigenvalue weighted by Crippen LogP contribution is -2.60. The Balaban J connectivity index is 1.34. The molecule has 1 saturated heterocycles. The molecule has 2 bridgehead atoms. The van der Waals surface area contributed by atoms with Crippen molar-refractivity contribution in [3.63, 3.8) is 0 Å². The lowest BCUT2D eigenvalue weighted by Gasteiger charge is -2.36. The molecule has 2 aliphatic rings. The van der Waals surface area contributed by atoms with Gasteiger partial charge in [0, 0.05) is 46.7 Å². The number of rotatable bonds is 10. The highest BCUT2D eigenvalue weighted by atomic mass is 16.5. The summed E-state index contributed by atoms with van der Waals surface area (Å²) >= 11 is 0. The Bertz CT molecular complexity index is 3190. The molecule has 2 N–H and O–H groups in total. The van der Waals surface area contributed by atoms with Crippen molar-refractivity contribution in [1.29, 1.82) is 0 Å². The number of ether oxygens (including phenoxy) is 6. The largest absolute Gasteiger partial charge is 0.493 e. The predicted molar refractivity (Wildman–Crippen MR) is 330 cm³/mol. The first-order valence-corrected chi connectivity index (χ1v) is 30.0. The molecule has 21 nitrogen and oxygen atoms in total. The Labute approximate surface area is 516 Å². The topological polar surface area (TPSA) is 246 Å². The number of benzene rings is 4. The minimum absolute atomic E-state index is 0.0125. The second-order valence-corrected chi connectivity index (χ2v) is 24.5. The highest BCUT2D eigenvalue weighted by Gasteiger charge is 2.43. The van der Waals surface area contributed by atoms with Crippen molar-refractivity contribution < 1.29 is 71.6 Å². The van der Waals surface area contributed by atoms with Crippen molar-refractivity contribution in [1.82, 2.24) is 30.2 Å². The number of cyclic esters (lactones) is 2. The molecule has 0 radical (unpaired) electrons. The van der Waals surface area contributed by atoms with E-state index in [1.54, 1.807) is 72.0 Å². The van der Waals surface area contributed by atoms with E-state index in [-0.39, 0.29) is 51.1 Å². The number of Topliss-reactive ketones (excluding diaryl/α,β-unsaturated/α-hetero) is 1. The van der Waals surface area contributed by atoms with Crippen LogP contribution in [0.25, 0.3) is 10.8 Å². The fourth-order valence-corrected chi connectivity index (χ4v) is 10.2. The van der Waals surface area contributed by atoms with Gasteiger partial charge < -0.3 is 58.7 Å². The first kappa shape index (κ1) is 68.8. The molecule has 6 amide bonds. The van der Waals surface area contributed by atoms with Crippen LogP contribution in [0.2, 0.25) is 0 Å². The SMILES string of the molecule is COc1ccc(CC[C@H]2OC(=O)[C@@H]3CCCCN3C(=O)C(=O)C(C)(C)COC(=O)/C=C\CCN(C)C(=O)[C@H](C(C)C)NC(=O)[C@H](COC(C)(C)C)N(C)C(=O)[C@H](Cc3ccc4ccccc4c3)NC(=O)[C@H](C)N(C)C(=O)COc3cccc2c3)cc1OC. The summed E-state index contributed by atoms with van der Waals surface area (Å²) in [5, 5.41) is 7.62. The number of fused-ring (bicyclic) bond motifs is 4. The van der Waals surface area contributed by atoms with Crippen LogP contribution in [0.5, 0.6) is 17.2 Å². The third kappa shape index (κ3) is 18.6. The number of esters is 2. The summed E-state index contributed by atoms with van der Waals surface area (Å²) in [7, 11) is 7.47. The number of piperidine rings is 1. The molecule has 476 valence electrons. The summed E-state index contributed by atoms with van der Waals surface area (Å²) in [6.45, 7) is 12.3. The van der Waals surface area contributed by atoms with Gasteiger partial charge in [-0.3, -0.25) is 33.6 Å².